The highest BCUT2D eigenvalue weighted by atomic mass is 16.5. The summed E-state index contributed by atoms with van der Waals surface area (Å²) in [6, 6.07) is 21.3. The molecule has 1 aliphatic rings. The van der Waals surface area contributed by atoms with Crippen LogP contribution in [0.2, 0.25) is 0 Å². The van der Waals surface area contributed by atoms with Gasteiger partial charge in [0.15, 0.2) is 5.78 Å². The van der Waals surface area contributed by atoms with Gasteiger partial charge in [-0.3, -0.25) is 4.79 Å². The predicted molar refractivity (Wildman–Crippen MR) is 136 cm³/mol. The number of ketones is 1. The molecule has 0 fully saturated rings. The number of ether oxygens (including phenoxy) is 3. The minimum Gasteiger partial charge on any atom is -0.497 e. The molecule has 0 aromatic heterocycles. The van der Waals surface area contributed by atoms with Crippen LogP contribution in [-0.4, -0.2) is 52.1 Å². The van der Waals surface area contributed by atoms with E-state index in [1.54, 1.807) is 14.2 Å². The molecule has 0 atom stereocenters. The van der Waals surface area contributed by atoms with E-state index in [1.165, 1.54) is 0 Å². The van der Waals surface area contributed by atoms with E-state index in [1.807, 2.05) is 80.8 Å². The lowest BCUT2D eigenvalue weighted by Crippen LogP contribution is -2.19. The second-order valence-corrected chi connectivity index (χ2v) is 8.61. The Balaban J connectivity index is 1.72. The summed E-state index contributed by atoms with van der Waals surface area (Å²) in [7, 11) is 7.34. The van der Waals surface area contributed by atoms with Crippen LogP contribution in [0.3, 0.4) is 0 Å². The summed E-state index contributed by atoms with van der Waals surface area (Å²) in [6.45, 7) is 1.43. The van der Waals surface area contributed by atoms with Crippen LogP contribution in [0.25, 0.3) is 11.1 Å². The van der Waals surface area contributed by atoms with E-state index < -0.39 is 0 Å². The van der Waals surface area contributed by atoms with Crippen LogP contribution in [-0.2, 0) is 6.42 Å². The van der Waals surface area contributed by atoms with Gasteiger partial charge in [0.05, 0.1) is 14.2 Å². The van der Waals surface area contributed by atoms with Crippen LogP contribution < -0.4 is 14.2 Å². The average Bonchev–Trinajstić information content (AvgIpc) is 2.87. The van der Waals surface area contributed by atoms with Gasteiger partial charge in [-0.15, -0.1) is 0 Å². The van der Waals surface area contributed by atoms with Crippen molar-refractivity contribution in [1.82, 2.24) is 4.90 Å². The number of hydrogen-bond donors (Lipinski definition) is 0. The first-order valence-corrected chi connectivity index (χ1v) is 11.5. The predicted octanol–water partition coefficient (Wildman–Crippen LogP) is 5.38. The van der Waals surface area contributed by atoms with E-state index in [0.29, 0.717) is 12.2 Å². The summed E-state index contributed by atoms with van der Waals surface area (Å²) in [4.78, 5) is 15.9. The molecule has 176 valence electrons. The number of rotatable bonds is 9. The molecule has 0 aliphatic heterocycles. The molecule has 5 heteroatoms. The number of hydrogen-bond acceptors (Lipinski definition) is 5. The Morgan fingerprint density at radius 1 is 0.824 bits per heavy atom. The molecule has 3 aromatic rings. The smallest absolute Gasteiger partial charge is 0.193 e. The normalized spacial score (nSPS) is 13.0. The first-order chi connectivity index (χ1) is 16.5. The average molecular weight is 458 g/mol. The molecule has 0 spiro atoms. The zero-order chi connectivity index (χ0) is 24.1. The molecule has 0 N–H and O–H groups in total. The highest BCUT2D eigenvalue weighted by Gasteiger charge is 2.26. The summed E-state index contributed by atoms with van der Waals surface area (Å²) in [5.74, 6) is 2.37. The summed E-state index contributed by atoms with van der Waals surface area (Å²) in [5.41, 5.74) is 5.57. The van der Waals surface area contributed by atoms with Gasteiger partial charge >= 0.3 is 0 Å². The molecule has 0 saturated heterocycles. The third kappa shape index (κ3) is 5.15. The van der Waals surface area contributed by atoms with Gasteiger partial charge < -0.3 is 19.1 Å². The number of fused-ring (bicyclic) bond motifs is 1. The maximum absolute atomic E-state index is 13.9. The Morgan fingerprint density at radius 2 is 1.47 bits per heavy atom. The Kier molecular flexibility index (Phi) is 7.33. The van der Waals surface area contributed by atoms with Gasteiger partial charge in [0.2, 0.25) is 0 Å². The van der Waals surface area contributed by atoms with Crippen molar-refractivity contribution in [3.05, 3.63) is 89.0 Å². The van der Waals surface area contributed by atoms with E-state index in [9.17, 15) is 4.79 Å². The maximum atomic E-state index is 13.9. The largest absolute Gasteiger partial charge is 0.497 e. The highest BCUT2D eigenvalue weighted by molar-refractivity contribution is 6.35. The molecule has 0 amide bonds. The Bertz CT molecular complexity index is 1180. The number of Topliss-reactive ketones (excluding diaryl/α,β-unsaturated/α-hetero) is 1. The summed E-state index contributed by atoms with van der Waals surface area (Å²) in [6.07, 6.45) is 1.63. The number of carbonyl (C=O) groups is 1. The van der Waals surface area contributed by atoms with Crippen molar-refractivity contribution in [3.63, 3.8) is 0 Å². The van der Waals surface area contributed by atoms with Gasteiger partial charge in [-0.05, 0) is 97.7 Å². The number of methoxy groups -OCH3 is 2. The van der Waals surface area contributed by atoms with Crippen LogP contribution in [0.1, 0.15) is 33.5 Å². The minimum absolute atomic E-state index is 0.0109. The molecule has 0 heterocycles. The fraction of sp³-hybridized carbons (Fsp3) is 0.276. The number of likely N-dealkylation sites (N-methyl/N-ethyl adjacent to an activating group) is 1. The van der Waals surface area contributed by atoms with Crippen LogP contribution in [0.4, 0.5) is 0 Å². The Labute approximate surface area is 201 Å². The monoisotopic (exact) mass is 457 g/mol. The number of carbonyl (C=O) groups excluding carboxylic acids is 1. The molecule has 5 nitrogen and oxygen atoms in total. The van der Waals surface area contributed by atoms with Crippen molar-refractivity contribution in [3.8, 4) is 17.2 Å². The molecule has 0 saturated carbocycles. The van der Waals surface area contributed by atoms with Crippen molar-refractivity contribution in [2.24, 2.45) is 0 Å². The molecule has 0 bridgehead atoms. The van der Waals surface area contributed by atoms with Crippen molar-refractivity contribution >= 4 is 16.9 Å². The highest BCUT2D eigenvalue weighted by Crippen LogP contribution is 2.40. The summed E-state index contributed by atoms with van der Waals surface area (Å²) >= 11 is 0. The third-order valence-electron chi connectivity index (χ3n) is 6.12. The quantitative estimate of drug-likeness (QED) is 0.404. The fourth-order valence-electron chi connectivity index (χ4n) is 4.23. The Hall–Kier alpha value is -3.57. The van der Waals surface area contributed by atoms with Gasteiger partial charge in [-0.1, -0.05) is 18.2 Å². The molecule has 0 unspecified atom stereocenters. The third-order valence-corrected chi connectivity index (χ3v) is 6.12. The van der Waals surface area contributed by atoms with Gasteiger partial charge in [-0.2, -0.15) is 0 Å². The number of benzene rings is 3. The van der Waals surface area contributed by atoms with E-state index in [0.717, 1.165) is 64.5 Å². The fourth-order valence-corrected chi connectivity index (χ4v) is 4.23. The standard InChI is InChI=1S/C29H31NO4/c1-30(2)17-18-34-24-12-7-21(8-13-24)29(31)28-26(20-5-10-23(32-3)11-6-20)15-9-22-19-25(33-4)14-16-27(22)28/h5-8,10-14,16,19H,9,15,17-18H2,1-4H3. The number of allylic oxidation sites excluding steroid dienone is 2. The maximum Gasteiger partial charge on any atom is 0.193 e. The van der Waals surface area contributed by atoms with E-state index in [4.69, 9.17) is 14.2 Å². The van der Waals surface area contributed by atoms with Crippen molar-refractivity contribution in [1.29, 1.82) is 0 Å². The summed E-state index contributed by atoms with van der Waals surface area (Å²) < 4.78 is 16.5. The van der Waals surface area contributed by atoms with Crippen molar-refractivity contribution < 1.29 is 19.0 Å². The van der Waals surface area contributed by atoms with Crippen molar-refractivity contribution in [2.75, 3.05) is 41.5 Å². The first kappa shape index (κ1) is 23.6. The molecular weight excluding hydrogens is 426 g/mol. The van der Waals surface area contributed by atoms with Gasteiger partial charge in [0.1, 0.15) is 23.9 Å². The van der Waals surface area contributed by atoms with Gasteiger partial charge in [0, 0.05) is 17.7 Å². The lowest BCUT2D eigenvalue weighted by molar-refractivity contribution is 0.105. The van der Waals surface area contributed by atoms with Crippen molar-refractivity contribution in [2.45, 2.75) is 12.8 Å². The van der Waals surface area contributed by atoms with Gasteiger partial charge in [-0.25, -0.2) is 0 Å². The SMILES string of the molecule is COc1ccc(C2=C(C(=O)c3ccc(OCCN(C)C)cc3)c3ccc(OC)cc3CC2)cc1. The molecular formula is C29H31NO4. The zero-order valence-electron chi connectivity index (χ0n) is 20.3. The molecule has 0 radical (unpaired) electrons. The second-order valence-electron chi connectivity index (χ2n) is 8.61. The zero-order valence-corrected chi connectivity index (χ0v) is 20.3. The van der Waals surface area contributed by atoms with E-state index >= 15 is 0 Å². The van der Waals surface area contributed by atoms with E-state index in [-0.39, 0.29) is 5.78 Å². The first-order valence-electron chi connectivity index (χ1n) is 11.5. The molecule has 1 aliphatic carbocycles. The van der Waals surface area contributed by atoms with Crippen LogP contribution in [0, 0.1) is 0 Å². The van der Waals surface area contributed by atoms with Crippen LogP contribution >= 0.6 is 0 Å². The minimum atomic E-state index is 0.0109. The van der Waals surface area contributed by atoms with Crippen LogP contribution in [0.5, 0.6) is 17.2 Å². The summed E-state index contributed by atoms with van der Waals surface area (Å²) in [5, 5.41) is 0. The lowest BCUT2D eigenvalue weighted by atomic mass is 9.79. The Morgan fingerprint density at radius 3 is 2.12 bits per heavy atom. The number of nitrogens with zero attached hydrogens (tertiary/aromatic N) is 1. The number of aryl methyl sites for hydroxylation is 1. The van der Waals surface area contributed by atoms with E-state index in [2.05, 4.69) is 4.90 Å². The molecule has 4 rings (SSSR count). The second kappa shape index (κ2) is 10.6. The molecule has 3 aromatic carbocycles. The van der Waals surface area contributed by atoms with Gasteiger partial charge in [0.25, 0.3) is 0 Å². The molecule has 34 heavy (non-hydrogen) atoms. The topological polar surface area (TPSA) is 48.0 Å². The van der Waals surface area contributed by atoms with Crippen LogP contribution in [0.15, 0.2) is 66.7 Å². The lowest BCUT2D eigenvalue weighted by Gasteiger charge is -2.24.